The van der Waals surface area contributed by atoms with Gasteiger partial charge in [-0.15, -0.1) is 34.1 Å². The number of rotatable bonds is 0. The van der Waals surface area contributed by atoms with Crippen LogP contribution in [0.15, 0.2) is 0 Å². The molecule has 0 rings (SSSR count). The predicted molar refractivity (Wildman–Crippen MR) is 29.1 cm³/mol. The van der Waals surface area contributed by atoms with Crippen molar-refractivity contribution in [2.45, 2.75) is 0 Å². The summed E-state index contributed by atoms with van der Waals surface area (Å²) in [4.78, 5) is 0. The number of hydrogen-bond donors (Lipinski definition) is 0. The van der Waals surface area contributed by atoms with Crippen LogP contribution in [0.25, 0.3) is 0 Å². The third kappa shape index (κ3) is 447. The second-order valence-corrected chi connectivity index (χ2v) is 1.84. The van der Waals surface area contributed by atoms with Gasteiger partial charge in [0.15, 0.2) is 0 Å². The first kappa shape index (κ1) is 36.1. The predicted octanol–water partition coefficient (Wildman–Crippen LogP) is -9.01. The maximum atomic E-state index is 8.44. The van der Waals surface area contributed by atoms with Gasteiger partial charge in [0.05, 0.1) is 0 Å². The van der Waals surface area contributed by atoms with Gasteiger partial charge in [0.25, 0.3) is 0 Å². The second kappa shape index (κ2) is 30.2. The van der Waals surface area contributed by atoms with Crippen molar-refractivity contribution in [2.75, 3.05) is 0 Å². The average molecular weight is 481 g/mol. The topological polar surface area (TPSA) is 190 Å². The fraction of sp³-hybridized carbons (Fsp3) is 0. The van der Waals surface area contributed by atoms with E-state index in [2.05, 4.69) is 0 Å². The molecule has 0 radical (unpaired) electrons. The van der Waals surface area contributed by atoms with Crippen molar-refractivity contribution >= 4 is 34.1 Å². The smallest absolute Gasteiger partial charge is 0.784 e. The van der Waals surface area contributed by atoms with E-state index in [9.17, 15) is 0 Å². The molecule has 15 heavy (non-hydrogen) atoms. The molecule has 0 unspecified atom stereocenters. The van der Waals surface area contributed by atoms with Crippen LogP contribution in [0.4, 0.5) is 0 Å². The first-order valence-corrected chi connectivity index (χ1v) is 4.50. The van der Waals surface area contributed by atoms with Gasteiger partial charge in [0, 0.05) is 0 Å². The zero-order valence-corrected chi connectivity index (χ0v) is 15.9. The Labute approximate surface area is 152 Å². The first-order chi connectivity index (χ1) is 5.20. The summed E-state index contributed by atoms with van der Waals surface area (Å²) < 4.78 is 76.0. The van der Waals surface area contributed by atoms with Crippen molar-refractivity contribution in [3.8, 4) is 0 Å². The molecule has 0 heterocycles. The third-order valence-corrected chi connectivity index (χ3v) is 0. The van der Waals surface area contributed by atoms with Crippen molar-refractivity contribution in [3.63, 3.8) is 0 Å². The molecular formula is Na2O9PtS3. The Morgan fingerprint density at radius 1 is 0.533 bits per heavy atom. The van der Waals surface area contributed by atoms with E-state index in [1.165, 1.54) is 0 Å². The van der Waals surface area contributed by atoms with Crippen LogP contribution in [0.5, 0.6) is 0 Å². The minimum absolute atomic E-state index is 0. The summed E-state index contributed by atoms with van der Waals surface area (Å²) in [5.41, 5.74) is 0. The Balaban J connectivity index is -0.0000000184. The molecule has 0 fully saturated rings. The van der Waals surface area contributed by atoms with Crippen molar-refractivity contribution in [3.05, 3.63) is 0 Å². The van der Waals surface area contributed by atoms with E-state index in [1.54, 1.807) is 0 Å². The fourth-order valence-corrected chi connectivity index (χ4v) is 0. The molecule has 0 N–H and O–H groups in total. The van der Waals surface area contributed by atoms with Crippen molar-refractivity contribution in [1.82, 2.24) is 0 Å². The van der Waals surface area contributed by atoms with Crippen LogP contribution < -0.4 is 59.1 Å². The summed E-state index contributed by atoms with van der Waals surface area (Å²) in [5, 5.41) is 0. The molecule has 15 heteroatoms. The van der Waals surface area contributed by atoms with Crippen molar-refractivity contribution in [2.24, 2.45) is 0 Å². The molecule has 0 saturated heterocycles. The van der Waals surface area contributed by atoms with E-state index >= 15 is 0 Å². The van der Waals surface area contributed by atoms with Gasteiger partial charge in [-0.2, -0.15) is 0 Å². The molecule has 0 aromatic rings. The Bertz CT molecular complexity index is 121. The Morgan fingerprint density at radius 3 is 0.533 bits per heavy atom. The van der Waals surface area contributed by atoms with Gasteiger partial charge >= 0.3 is 80.2 Å². The van der Waals surface area contributed by atoms with Crippen LogP contribution in [-0.2, 0) is 55.1 Å². The van der Waals surface area contributed by atoms with Gasteiger partial charge in [0.2, 0.25) is 0 Å². The molecular weight excluding hydrogens is 481 g/mol. The van der Waals surface area contributed by atoms with Crippen molar-refractivity contribution in [1.29, 1.82) is 0 Å². The van der Waals surface area contributed by atoms with Gasteiger partial charge in [0.1, 0.15) is 0 Å². The summed E-state index contributed by atoms with van der Waals surface area (Å²) in [6, 6.07) is 0. The van der Waals surface area contributed by atoms with Crippen LogP contribution >= 0.6 is 0 Å². The maximum Gasteiger partial charge on any atom is 4.00 e. The molecule has 0 spiro atoms. The van der Waals surface area contributed by atoms with Crippen molar-refractivity contribution < 1.29 is 120 Å². The van der Waals surface area contributed by atoms with Gasteiger partial charge in [-0.25, -0.2) is 0 Å². The zero-order chi connectivity index (χ0) is 10.7. The van der Waals surface area contributed by atoms with Crippen LogP contribution in [0, 0.1) is 0 Å². The van der Waals surface area contributed by atoms with Crippen LogP contribution in [-0.4, -0.2) is 39.9 Å². The minimum Gasteiger partial charge on any atom is -0.784 e. The monoisotopic (exact) mass is 481 g/mol. The molecule has 0 aliphatic rings. The average Bonchev–Trinajstić information content (AvgIpc) is 1.54. The number of hydrogen-bond acceptors (Lipinski definition) is 9. The summed E-state index contributed by atoms with van der Waals surface area (Å²) in [6.45, 7) is 0. The molecule has 0 aromatic carbocycles. The molecule has 0 aliphatic heterocycles. The summed E-state index contributed by atoms with van der Waals surface area (Å²) >= 11 is -9.33. The normalized spacial score (nSPS) is 7.00. The van der Waals surface area contributed by atoms with Crippen LogP contribution in [0.3, 0.4) is 0 Å². The molecule has 0 bridgehead atoms. The largest absolute Gasteiger partial charge is 4.00 e. The van der Waals surface area contributed by atoms with Crippen LogP contribution in [0.1, 0.15) is 0 Å². The maximum absolute atomic E-state index is 8.44. The molecule has 9 nitrogen and oxygen atoms in total. The van der Waals surface area contributed by atoms with E-state index in [0.29, 0.717) is 0 Å². The fourth-order valence-electron chi connectivity index (χ4n) is 0. The Morgan fingerprint density at radius 2 is 0.533 bits per heavy atom. The van der Waals surface area contributed by atoms with E-state index in [0.717, 1.165) is 0 Å². The molecule has 0 saturated carbocycles. The van der Waals surface area contributed by atoms with Crippen LogP contribution in [0.2, 0.25) is 0 Å². The van der Waals surface area contributed by atoms with Gasteiger partial charge in [-0.1, -0.05) is 0 Å². The van der Waals surface area contributed by atoms with Gasteiger partial charge in [-0.05, 0) is 0 Å². The zero-order valence-electron chi connectivity index (χ0n) is 7.22. The molecule has 84 valence electrons. The van der Waals surface area contributed by atoms with Gasteiger partial charge < -0.3 is 27.3 Å². The summed E-state index contributed by atoms with van der Waals surface area (Å²) in [6.07, 6.45) is 0. The van der Waals surface area contributed by atoms with E-state index in [4.69, 9.17) is 39.9 Å². The quantitative estimate of drug-likeness (QED) is 0.239. The standard InChI is InChI=1S/2Na.3H2O3S.Pt/c;;3*1-4(2)3;/h;;3*(H2,1,2,3);/q2*+1;;;;+4/p-6. The molecule has 0 amide bonds. The summed E-state index contributed by atoms with van der Waals surface area (Å²) in [7, 11) is 0. The van der Waals surface area contributed by atoms with E-state index in [1.807, 2.05) is 0 Å². The van der Waals surface area contributed by atoms with E-state index < -0.39 is 34.1 Å². The van der Waals surface area contributed by atoms with E-state index in [-0.39, 0.29) is 80.2 Å². The summed E-state index contributed by atoms with van der Waals surface area (Å²) in [5.74, 6) is 0. The Kier molecular flexibility index (Phi) is 72.6. The second-order valence-electron chi connectivity index (χ2n) is 0.612. The SMILES string of the molecule is O=S([O-])[O-].O=S([O-])[O-].O=S([O-])[O-].[Na+].[Na+].[Pt+4]. The van der Waals surface area contributed by atoms with Gasteiger partial charge in [-0.3, -0.25) is 12.6 Å². The Hall–Kier alpha value is 2.90. The molecule has 0 aliphatic carbocycles. The molecule has 0 aromatic heterocycles. The molecule has 0 atom stereocenters. The first-order valence-electron chi connectivity index (χ1n) is 1.50. The third-order valence-electron chi connectivity index (χ3n) is 0. The minimum atomic E-state index is -3.11.